The largest absolute Gasteiger partial charge is 0.468 e. The van der Waals surface area contributed by atoms with Crippen LogP contribution < -0.4 is 5.73 Å². The Balaban J connectivity index is 0.00000220. The van der Waals surface area contributed by atoms with E-state index in [0.717, 1.165) is 16.7 Å². The van der Waals surface area contributed by atoms with Crippen molar-refractivity contribution in [3.05, 3.63) is 59.1 Å². The first-order chi connectivity index (χ1) is 9.61. The highest BCUT2D eigenvalue weighted by Crippen LogP contribution is 2.26. The van der Waals surface area contributed by atoms with Crippen molar-refractivity contribution in [3.63, 3.8) is 0 Å². The molecule has 0 aliphatic rings. The predicted octanol–water partition coefficient (Wildman–Crippen LogP) is 3.47. The molecular weight excluding hydrogens is 309 g/mol. The first-order valence-electron chi connectivity index (χ1n) is 6.29. The van der Waals surface area contributed by atoms with Crippen LogP contribution in [0.2, 0.25) is 5.02 Å². The molecule has 2 aromatic carbocycles. The third-order valence-corrected chi connectivity index (χ3v) is 3.46. The lowest BCUT2D eigenvalue weighted by molar-refractivity contribution is -0.142. The number of nitrogens with two attached hydrogens (primary N) is 1. The third kappa shape index (κ3) is 4.46. The number of esters is 1. The predicted molar refractivity (Wildman–Crippen MR) is 87.8 cm³/mol. The van der Waals surface area contributed by atoms with Gasteiger partial charge in [0, 0.05) is 5.02 Å². The molecule has 1 unspecified atom stereocenters. The SMILES string of the molecule is COC(=O)C(N)Cc1ccc(-c2ccccc2)cc1Cl.Cl. The summed E-state index contributed by atoms with van der Waals surface area (Å²) < 4.78 is 4.61. The number of halogens is 2. The molecule has 0 saturated heterocycles. The zero-order valence-electron chi connectivity index (χ0n) is 11.6. The Labute approximate surface area is 135 Å². The summed E-state index contributed by atoms with van der Waals surface area (Å²) in [7, 11) is 1.32. The molecule has 112 valence electrons. The first-order valence-corrected chi connectivity index (χ1v) is 6.67. The quantitative estimate of drug-likeness (QED) is 0.875. The van der Waals surface area contributed by atoms with Crippen molar-refractivity contribution in [1.82, 2.24) is 0 Å². The molecule has 0 amide bonds. The number of carbonyl (C=O) groups excluding carboxylic acids is 1. The number of hydrogen-bond acceptors (Lipinski definition) is 3. The monoisotopic (exact) mass is 325 g/mol. The Morgan fingerprint density at radius 1 is 1.19 bits per heavy atom. The maximum atomic E-state index is 11.3. The number of hydrogen-bond donors (Lipinski definition) is 1. The smallest absolute Gasteiger partial charge is 0.322 e. The molecule has 0 spiro atoms. The molecule has 5 heteroatoms. The van der Waals surface area contributed by atoms with Gasteiger partial charge in [-0.2, -0.15) is 0 Å². The van der Waals surface area contributed by atoms with Gasteiger partial charge in [0.2, 0.25) is 0 Å². The molecule has 0 radical (unpaired) electrons. The second-order valence-electron chi connectivity index (χ2n) is 4.51. The molecule has 1 atom stereocenters. The van der Waals surface area contributed by atoms with Crippen molar-refractivity contribution in [2.24, 2.45) is 5.73 Å². The van der Waals surface area contributed by atoms with E-state index in [1.165, 1.54) is 7.11 Å². The van der Waals surface area contributed by atoms with Crippen molar-refractivity contribution >= 4 is 30.0 Å². The molecule has 2 N–H and O–H groups in total. The van der Waals surface area contributed by atoms with E-state index in [9.17, 15) is 4.79 Å². The van der Waals surface area contributed by atoms with E-state index in [-0.39, 0.29) is 12.4 Å². The Kier molecular flexibility index (Phi) is 6.69. The maximum Gasteiger partial charge on any atom is 0.322 e. The van der Waals surface area contributed by atoms with Gasteiger partial charge >= 0.3 is 5.97 Å². The van der Waals surface area contributed by atoms with Crippen LogP contribution >= 0.6 is 24.0 Å². The van der Waals surface area contributed by atoms with E-state index in [1.54, 1.807) is 0 Å². The van der Waals surface area contributed by atoms with Crippen LogP contribution in [0, 0.1) is 0 Å². The minimum Gasteiger partial charge on any atom is -0.468 e. The second-order valence-corrected chi connectivity index (χ2v) is 4.91. The second kappa shape index (κ2) is 8.03. The normalized spacial score (nSPS) is 11.4. The van der Waals surface area contributed by atoms with Gasteiger partial charge in [0.25, 0.3) is 0 Å². The summed E-state index contributed by atoms with van der Waals surface area (Å²) in [6.07, 6.45) is 0.362. The molecule has 0 bridgehead atoms. The van der Waals surface area contributed by atoms with Crippen LogP contribution in [0.3, 0.4) is 0 Å². The number of carbonyl (C=O) groups is 1. The average molecular weight is 326 g/mol. The lowest BCUT2D eigenvalue weighted by Gasteiger charge is -2.11. The van der Waals surface area contributed by atoms with Crippen LogP contribution in [0.4, 0.5) is 0 Å². The highest BCUT2D eigenvalue weighted by molar-refractivity contribution is 6.31. The number of rotatable bonds is 4. The first kappa shape index (κ1) is 17.5. The summed E-state index contributed by atoms with van der Waals surface area (Å²) in [6.45, 7) is 0. The maximum absolute atomic E-state index is 11.3. The Bertz CT molecular complexity index is 602. The van der Waals surface area contributed by atoms with Crippen LogP contribution in [0.5, 0.6) is 0 Å². The van der Waals surface area contributed by atoms with Crippen molar-refractivity contribution in [3.8, 4) is 11.1 Å². The summed E-state index contributed by atoms with van der Waals surface area (Å²) in [5.74, 6) is -0.437. The fraction of sp³-hybridized carbons (Fsp3) is 0.188. The summed E-state index contributed by atoms with van der Waals surface area (Å²) in [5, 5.41) is 0.603. The van der Waals surface area contributed by atoms with Gasteiger partial charge in [-0.3, -0.25) is 4.79 Å². The summed E-state index contributed by atoms with van der Waals surface area (Å²) in [6, 6.07) is 15.0. The van der Waals surface area contributed by atoms with Gasteiger partial charge in [0.1, 0.15) is 6.04 Å². The lowest BCUT2D eigenvalue weighted by Crippen LogP contribution is -2.33. The molecule has 21 heavy (non-hydrogen) atoms. The van der Waals surface area contributed by atoms with Gasteiger partial charge in [-0.05, 0) is 29.2 Å². The fourth-order valence-electron chi connectivity index (χ4n) is 1.99. The van der Waals surface area contributed by atoms with E-state index >= 15 is 0 Å². The third-order valence-electron chi connectivity index (χ3n) is 3.10. The molecular formula is C16H17Cl2NO2. The summed E-state index contributed by atoms with van der Waals surface area (Å²) in [4.78, 5) is 11.3. The minimum absolute atomic E-state index is 0. The van der Waals surface area contributed by atoms with Gasteiger partial charge < -0.3 is 10.5 Å². The van der Waals surface area contributed by atoms with Crippen LogP contribution in [0.15, 0.2) is 48.5 Å². The lowest BCUT2D eigenvalue weighted by atomic mass is 10.0. The molecule has 2 aromatic rings. The Morgan fingerprint density at radius 2 is 1.86 bits per heavy atom. The zero-order valence-corrected chi connectivity index (χ0v) is 13.2. The van der Waals surface area contributed by atoms with Crippen LogP contribution in [0.25, 0.3) is 11.1 Å². The molecule has 0 aliphatic carbocycles. The van der Waals surface area contributed by atoms with Gasteiger partial charge in [0.15, 0.2) is 0 Å². The van der Waals surface area contributed by atoms with E-state index < -0.39 is 12.0 Å². The van der Waals surface area contributed by atoms with Crippen LogP contribution in [-0.2, 0) is 16.0 Å². The molecule has 2 rings (SSSR count). The molecule has 0 aliphatic heterocycles. The molecule has 0 heterocycles. The van der Waals surface area contributed by atoms with Gasteiger partial charge in [-0.1, -0.05) is 54.1 Å². The molecule has 0 aromatic heterocycles. The van der Waals surface area contributed by atoms with Crippen molar-refractivity contribution in [1.29, 1.82) is 0 Å². The average Bonchev–Trinajstić information content (AvgIpc) is 2.49. The fourth-order valence-corrected chi connectivity index (χ4v) is 2.25. The van der Waals surface area contributed by atoms with Gasteiger partial charge in [-0.25, -0.2) is 0 Å². The number of methoxy groups -OCH3 is 1. The summed E-state index contributed by atoms with van der Waals surface area (Å²) >= 11 is 6.26. The summed E-state index contributed by atoms with van der Waals surface area (Å²) in [5.41, 5.74) is 8.71. The van der Waals surface area contributed by atoms with E-state index in [4.69, 9.17) is 17.3 Å². The number of benzene rings is 2. The van der Waals surface area contributed by atoms with E-state index in [1.807, 2.05) is 48.5 Å². The Morgan fingerprint density at radius 3 is 2.43 bits per heavy atom. The van der Waals surface area contributed by atoms with Crippen LogP contribution in [0.1, 0.15) is 5.56 Å². The van der Waals surface area contributed by atoms with Crippen molar-refractivity contribution in [2.45, 2.75) is 12.5 Å². The van der Waals surface area contributed by atoms with E-state index in [0.29, 0.717) is 11.4 Å². The van der Waals surface area contributed by atoms with Crippen molar-refractivity contribution in [2.75, 3.05) is 7.11 Å². The molecule has 3 nitrogen and oxygen atoms in total. The highest BCUT2D eigenvalue weighted by atomic mass is 35.5. The molecule has 0 saturated carbocycles. The van der Waals surface area contributed by atoms with Crippen LogP contribution in [-0.4, -0.2) is 19.1 Å². The standard InChI is InChI=1S/C16H16ClNO2.ClH/c1-20-16(19)15(18)10-13-8-7-12(9-14(13)17)11-5-3-2-4-6-11;/h2-9,15H,10,18H2,1H3;1H. The van der Waals surface area contributed by atoms with Gasteiger partial charge in [0.05, 0.1) is 7.11 Å². The zero-order chi connectivity index (χ0) is 14.5. The Hall–Kier alpha value is -1.55. The molecule has 0 fully saturated rings. The topological polar surface area (TPSA) is 52.3 Å². The highest BCUT2D eigenvalue weighted by Gasteiger charge is 2.16. The minimum atomic E-state index is -0.694. The van der Waals surface area contributed by atoms with Gasteiger partial charge in [-0.15, -0.1) is 12.4 Å². The van der Waals surface area contributed by atoms with Crippen molar-refractivity contribution < 1.29 is 9.53 Å². The van der Waals surface area contributed by atoms with E-state index in [2.05, 4.69) is 4.74 Å². The number of ether oxygens (including phenoxy) is 1.